The average Bonchev–Trinajstić information content (AvgIpc) is 3.34. The van der Waals surface area contributed by atoms with E-state index in [1.54, 1.807) is 30.8 Å². The van der Waals surface area contributed by atoms with Crippen molar-refractivity contribution in [1.29, 1.82) is 0 Å². The topological polar surface area (TPSA) is 83.3 Å². The quantitative estimate of drug-likeness (QED) is 0.489. The fraction of sp³-hybridized carbons (Fsp3) is 0.480. The van der Waals surface area contributed by atoms with Gasteiger partial charge in [-0.15, -0.1) is 5.10 Å². The van der Waals surface area contributed by atoms with E-state index < -0.39 is 11.6 Å². The lowest BCUT2D eigenvalue weighted by atomic mass is 9.61. The van der Waals surface area contributed by atoms with Gasteiger partial charge in [0.15, 0.2) is 29.0 Å². The summed E-state index contributed by atoms with van der Waals surface area (Å²) >= 11 is 0. The smallest absolute Gasteiger partial charge is 0.174 e. The average molecular weight is 486 g/mol. The van der Waals surface area contributed by atoms with E-state index in [2.05, 4.69) is 20.8 Å². The Morgan fingerprint density at radius 3 is 2.66 bits per heavy atom. The maximum Gasteiger partial charge on any atom is 0.174 e. The summed E-state index contributed by atoms with van der Waals surface area (Å²) in [5.74, 6) is 0.263. The summed E-state index contributed by atoms with van der Waals surface area (Å²) < 4.78 is 47.3. The van der Waals surface area contributed by atoms with Gasteiger partial charge >= 0.3 is 0 Å². The van der Waals surface area contributed by atoms with E-state index in [1.807, 2.05) is 18.2 Å². The van der Waals surface area contributed by atoms with Crippen LogP contribution in [0.3, 0.4) is 0 Å². The molecule has 2 aromatic carbocycles. The van der Waals surface area contributed by atoms with Crippen LogP contribution in [-0.2, 0) is 11.3 Å². The predicted octanol–water partition coefficient (Wildman–Crippen LogP) is 4.06. The summed E-state index contributed by atoms with van der Waals surface area (Å²) in [6, 6.07) is 8.47. The molecule has 1 N–H and O–H groups in total. The number of fused-ring (bicyclic) bond motifs is 1. The van der Waals surface area contributed by atoms with Crippen LogP contribution in [0.15, 0.2) is 30.3 Å². The Kier molecular flexibility index (Phi) is 6.66. The number of benzene rings is 2. The van der Waals surface area contributed by atoms with Gasteiger partial charge in [0, 0.05) is 31.9 Å². The van der Waals surface area contributed by atoms with E-state index in [0.29, 0.717) is 37.1 Å². The zero-order valence-corrected chi connectivity index (χ0v) is 19.9. The minimum absolute atomic E-state index is 0.135. The van der Waals surface area contributed by atoms with Gasteiger partial charge in [0.25, 0.3) is 0 Å². The molecular weight excluding hydrogens is 456 g/mol. The van der Waals surface area contributed by atoms with E-state index in [4.69, 9.17) is 14.2 Å². The number of hydrogen-bond acceptors (Lipinski definition) is 7. The zero-order chi connectivity index (χ0) is 24.4. The predicted molar refractivity (Wildman–Crippen MR) is 124 cm³/mol. The molecule has 1 atom stereocenters. The largest absolute Gasteiger partial charge is 0.486 e. The van der Waals surface area contributed by atoms with Crippen molar-refractivity contribution in [3.05, 3.63) is 58.9 Å². The molecule has 5 rings (SSSR count). The van der Waals surface area contributed by atoms with Gasteiger partial charge in [-0.25, -0.2) is 8.78 Å². The standard InChI is InChI=1S/C25H29F2N5O3/c1-16-4-5-17(22(27)21(16)26)15-28-23(25(8-3-9-25)10-11-33-2)24-29-30-31-32(24)18-6-7-19-20(14-18)35-13-12-34-19/h4-7,14,23,28H,3,8-13,15H2,1-2H3. The number of halogens is 2. The molecular formula is C25H29F2N5O3. The maximum absolute atomic E-state index is 14.6. The van der Waals surface area contributed by atoms with Crippen LogP contribution in [0.4, 0.5) is 8.78 Å². The molecule has 1 unspecified atom stereocenters. The highest BCUT2D eigenvalue weighted by Crippen LogP contribution is 2.52. The van der Waals surface area contributed by atoms with Crippen LogP contribution in [0.1, 0.15) is 48.7 Å². The zero-order valence-electron chi connectivity index (χ0n) is 19.9. The second-order valence-electron chi connectivity index (χ2n) is 9.22. The minimum atomic E-state index is -0.831. The van der Waals surface area contributed by atoms with Gasteiger partial charge in [-0.3, -0.25) is 0 Å². The molecule has 2 heterocycles. The molecule has 1 aliphatic heterocycles. The Morgan fingerprint density at radius 2 is 1.91 bits per heavy atom. The Hall–Kier alpha value is -3.11. The number of aryl methyl sites for hydroxylation is 1. The molecule has 8 nitrogen and oxygen atoms in total. The van der Waals surface area contributed by atoms with E-state index >= 15 is 0 Å². The lowest BCUT2D eigenvalue weighted by Gasteiger charge is -2.47. The Balaban J connectivity index is 1.50. The summed E-state index contributed by atoms with van der Waals surface area (Å²) in [4.78, 5) is 0. The van der Waals surface area contributed by atoms with Crippen molar-refractivity contribution >= 4 is 0 Å². The van der Waals surface area contributed by atoms with E-state index in [-0.39, 0.29) is 29.1 Å². The van der Waals surface area contributed by atoms with Gasteiger partial charge < -0.3 is 19.5 Å². The Labute approximate surface area is 202 Å². The highest BCUT2D eigenvalue weighted by Gasteiger charge is 2.46. The highest BCUT2D eigenvalue weighted by molar-refractivity contribution is 5.49. The first-order valence-electron chi connectivity index (χ1n) is 11.9. The van der Waals surface area contributed by atoms with Gasteiger partial charge in [0.1, 0.15) is 13.2 Å². The number of methoxy groups -OCH3 is 1. The van der Waals surface area contributed by atoms with Gasteiger partial charge in [0.2, 0.25) is 0 Å². The van der Waals surface area contributed by atoms with Crippen LogP contribution in [0.25, 0.3) is 5.69 Å². The molecule has 0 amide bonds. The number of rotatable bonds is 9. The van der Waals surface area contributed by atoms with Crippen LogP contribution in [0.2, 0.25) is 0 Å². The van der Waals surface area contributed by atoms with E-state index in [0.717, 1.165) is 31.4 Å². The van der Waals surface area contributed by atoms with Crippen LogP contribution < -0.4 is 14.8 Å². The van der Waals surface area contributed by atoms with Crippen molar-refractivity contribution in [3.8, 4) is 17.2 Å². The second-order valence-corrected chi connectivity index (χ2v) is 9.22. The first-order chi connectivity index (χ1) is 17.0. The minimum Gasteiger partial charge on any atom is -0.486 e. The summed E-state index contributed by atoms with van der Waals surface area (Å²) in [5.41, 5.74) is 1.10. The van der Waals surface area contributed by atoms with Gasteiger partial charge in [-0.1, -0.05) is 18.6 Å². The van der Waals surface area contributed by atoms with Gasteiger partial charge in [-0.2, -0.15) is 4.68 Å². The van der Waals surface area contributed by atoms with Gasteiger partial charge in [0.05, 0.1) is 11.7 Å². The fourth-order valence-corrected chi connectivity index (χ4v) is 4.96. The third-order valence-electron chi connectivity index (χ3n) is 7.14. The van der Waals surface area contributed by atoms with Gasteiger partial charge in [-0.05, 0) is 59.7 Å². The van der Waals surface area contributed by atoms with E-state index in [9.17, 15) is 8.78 Å². The monoisotopic (exact) mass is 485 g/mol. The third-order valence-corrected chi connectivity index (χ3v) is 7.14. The van der Waals surface area contributed by atoms with E-state index in [1.165, 1.54) is 0 Å². The maximum atomic E-state index is 14.6. The molecule has 0 spiro atoms. The van der Waals surface area contributed by atoms with Crippen LogP contribution in [0.5, 0.6) is 11.5 Å². The first-order valence-corrected chi connectivity index (χ1v) is 11.9. The molecule has 0 radical (unpaired) electrons. The molecule has 1 fully saturated rings. The molecule has 0 bridgehead atoms. The van der Waals surface area contributed by atoms with Crippen LogP contribution >= 0.6 is 0 Å². The lowest BCUT2D eigenvalue weighted by molar-refractivity contribution is 0.0254. The summed E-state index contributed by atoms with van der Waals surface area (Å²) in [6.45, 7) is 3.25. The molecule has 35 heavy (non-hydrogen) atoms. The molecule has 2 aliphatic rings. The number of aromatic nitrogens is 4. The van der Waals surface area contributed by atoms with Crippen molar-refractivity contribution in [2.75, 3.05) is 26.9 Å². The van der Waals surface area contributed by atoms with Crippen molar-refractivity contribution < 1.29 is 23.0 Å². The second kappa shape index (κ2) is 9.87. The normalized spacial score (nSPS) is 17.1. The number of nitrogens with one attached hydrogen (secondary N) is 1. The van der Waals surface area contributed by atoms with Crippen molar-refractivity contribution in [2.45, 2.75) is 45.2 Å². The van der Waals surface area contributed by atoms with Crippen LogP contribution in [-0.4, -0.2) is 47.1 Å². The lowest BCUT2D eigenvalue weighted by Crippen LogP contribution is -2.45. The summed E-state index contributed by atoms with van der Waals surface area (Å²) in [5, 5.41) is 16.1. The SMILES string of the molecule is COCCC1(C(NCc2ccc(C)c(F)c2F)c2nnnn2-c2ccc3c(c2)OCCO3)CCC1. The number of nitrogens with zero attached hydrogens (tertiary/aromatic N) is 4. The molecule has 10 heteroatoms. The molecule has 0 saturated heterocycles. The summed E-state index contributed by atoms with van der Waals surface area (Å²) in [6.07, 6.45) is 3.76. The van der Waals surface area contributed by atoms with Crippen molar-refractivity contribution in [2.24, 2.45) is 5.41 Å². The van der Waals surface area contributed by atoms with Crippen molar-refractivity contribution in [3.63, 3.8) is 0 Å². The molecule has 1 saturated carbocycles. The number of tetrazole rings is 1. The molecule has 3 aromatic rings. The summed E-state index contributed by atoms with van der Waals surface area (Å²) in [7, 11) is 1.68. The number of ether oxygens (including phenoxy) is 3. The highest BCUT2D eigenvalue weighted by atomic mass is 19.2. The molecule has 1 aromatic heterocycles. The number of hydrogen-bond donors (Lipinski definition) is 1. The Bertz CT molecular complexity index is 1200. The first kappa shape index (κ1) is 23.6. The Morgan fingerprint density at radius 1 is 1.11 bits per heavy atom. The molecule has 186 valence electrons. The van der Waals surface area contributed by atoms with Crippen LogP contribution in [0, 0.1) is 24.0 Å². The third kappa shape index (κ3) is 4.48. The fourth-order valence-electron chi connectivity index (χ4n) is 4.96. The van der Waals surface area contributed by atoms with Crippen molar-refractivity contribution in [1.82, 2.24) is 25.5 Å². The molecule has 1 aliphatic carbocycles.